The van der Waals surface area contributed by atoms with Crippen LogP contribution >= 0.6 is 0 Å². The lowest BCUT2D eigenvalue weighted by molar-refractivity contribution is 0.192. The Kier molecular flexibility index (Phi) is 3.31. The first-order valence-electron chi connectivity index (χ1n) is 4.13. The summed E-state index contributed by atoms with van der Waals surface area (Å²) in [6, 6.07) is 0.273. The van der Waals surface area contributed by atoms with Crippen LogP contribution < -0.4 is 11.1 Å². The molecule has 0 spiro atoms. The van der Waals surface area contributed by atoms with Crippen molar-refractivity contribution in [2.45, 2.75) is 12.5 Å². The molecule has 5 nitrogen and oxygen atoms in total. The normalized spacial score (nSPS) is 24.2. The summed E-state index contributed by atoms with van der Waals surface area (Å²) in [6.07, 6.45) is 0.0612. The largest absolute Gasteiger partial charge is 0.465 e. The summed E-state index contributed by atoms with van der Waals surface area (Å²) >= 11 is 0. The second kappa shape index (κ2) is 4.27. The zero-order valence-corrected chi connectivity index (χ0v) is 6.99. The van der Waals surface area contributed by atoms with E-state index < -0.39 is 6.09 Å². The fourth-order valence-corrected chi connectivity index (χ4v) is 1.39. The summed E-state index contributed by atoms with van der Waals surface area (Å²) in [5.74, 6) is 0. The molecular formula is C7H15N3O2. The van der Waals surface area contributed by atoms with Crippen molar-refractivity contribution in [3.8, 4) is 0 Å². The molecule has 1 fully saturated rings. The van der Waals surface area contributed by atoms with Crippen LogP contribution in [0.3, 0.4) is 0 Å². The Balaban J connectivity index is 2.04. The summed E-state index contributed by atoms with van der Waals surface area (Å²) in [5, 5.41) is 10.6. The lowest BCUT2D eigenvalue weighted by Gasteiger charge is -2.14. The van der Waals surface area contributed by atoms with Gasteiger partial charge in [-0.25, -0.2) is 4.79 Å². The minimum Gasteiger partial charge on any atom is -0.465 e. The van der Waals surface area contributed by atoms with E-state index in [1.165, 1.54) is 0 Å². The SMILES string of the molecule is NC1CCN(CCNC(=O)O)C1. The highest BCUT2D eigenvalue weighted by atomic mass is 16.4. The number of nitrogens with zero attached hydrogens (tertiary/aromatic N) is 1. The Labute approximate surface area is 71.5 Å². The molecule has 5 heteroatoms. The monoisotopic (exact) mass is 173 g/mol. The molecule has 1 aliphatic rings. The molecule has 1 rings (SSSR count). The molecule has 1 heterocycles. The first-order valence-corrected chi connectivity index (χ1v) is 4.13. The van der Waals surface area contributed by atoms with Gasteiger partial charge in [-0.1, -0.05) is 0 Å². The van der Waals surface area contributed by atoms with Gasteiger partial charge in [-0.2, -0.15) is 0 Å². The van der Waals surface area contributed by atoms with Crippen molar-refractivity contribution in [2.75, 3.05) is 26.2 Å². The molecule has 4 N–H and O–H groups in total. The Hall–Kier alpha value is -0.810. The van der Waals surface area contributed by atoms with Crippen LogP contribution in [0.2, 0.25) is 0 Å². The summed E-state index contributed by atoms with van der Waals surface area (Å²) < 4.78 is 0. The van der Waals surface area contributed by atoms with Gasteiger partial charge in [-0.3, -0.25) is 4.90 Å². The van der Waals surface area contributed by atoms with E-state index in [-0.39, 0.29) is 6.04 Å². The first-order chi connectivity index (χ1) is 5.68. The second-order valence-corrected chi connectivity index (χ2v) is 3.08. The van der Waals surface area contributed by atoms with Gasteiger partial charge in [0.2, 0.25) is 0 Å². The smallest absolute Gasteiger partial charge is 0.404 e. The van der Waals surface area contributed by atoms with Crippen LogP contribution in [0, 0.1) is 0 Å². The maximum atomic E-state index is 10.1. The van der Waals surface area contributed by atoms with Gasteiger partial charge in [-0.05, 0) is 13.0 Å². The predicted molar refractivity (Wildman–Crippen MR) is 45.1 cm³/mol. The van der Waals surface area contributed by atoms with E-state index >= 15 is 0 Å². The van der Waals surface area contributed by atoms with Crippen molar-refractivity contribution in [1.29, 1.82) is 0 Å². The molecular weight excluding hydrogens is 158 g/mol. The van der Waals surface area contributed by atoms with Gasteiger partial charge in [0.15, 0.2) is 0 Å². The highest BCUT2D eigenvalue weighted by Gasteiger charge is 2.17. The fourth-order valence-electron chi connectivity index (χ4n) is 1.39. The highest BCUT2D eigenvalue weighted by molar-refractivity contribution is 5.64. The average Bonchev–Trinajstić information content (AvgIpc) is 2.35. The zero-order valence-electron chi connectivity index (χ0n) is 6.99. The van der Waals surface area contributed by atoms with Gasteiger partial charge >= 0.3 is 6.09 Å². The van der Waals surface area contributed by atoms with Crippen molar-refractivity contribution in [2.24, 2.45) is 5.73 Å². The van der Waals surface area contributed by atoms with Crippen molar-refractivity contribution in [3.63, 3.8) is 0 Å². The third-order valence-corrected chi connectivity index (χ3v) is 2.01. The number of carbonyl (C=O) groups is 1. The van der Waals surface area contributed by atoms with Gasteiger partial charge < -0.3 is 16.2 Å². The molecule has 0 aromatic heterocycles. The number of likely N-dealkylation sites (tertiary alicyclic amines) is 1. The first kappa shape index (κ1) is 9.28. The molecule has 1 atom stereocenters. The van der Waals surface area contributed by atoms with Crippen LogP contribution in [-0.2, 0) is 0 Å². The number of nitrogens with one attached hydrogen (secondary N) is 1. The summed E-state index contributed by atoms with van der Waals surface area (Å²) in [4.78, 5) is 12.3. The molecule has 1 saturated heterocycles. The summed E-state index contributed by atoms with van der Waals surface area (Å²) in [7, 11) is 0. The van der Waals surface area contributed by atoms with Crippen molar-refractivity contribution < 1.29 is 9.90 Å². The summed E-state index contributed by atoms with van der Waals surface area (Å²) in [6.45, 7) is 3.13. The highest BCUT2D eigenvalue weighted by Crippen LogP contribution is 2.04. The third kappa shape index (κ3) is 3.06. The van der Waals surface area contributed by atoms with E-state index in [4.69, 9.17) is 10.8 Å². The van der Waals surface area contributed by atoms with Crippen LogP contribution in [0.15, 0.2) is 0 Å². The maximum absolute atomic E-state index is 10.1. The summed E-state index contributed by atoms with van der Waals surface area (Å²) in [5.41, 5.74) is 5.68. The molecule has 0 aromatic rings. The van der Waals surface area contributed by atoms with E-state index in [1.54, 1.807) is 0 Å². The van der Waals surface area contributed by atoms with E-state index in [2.05, 4.69) is 10.2 Å². The average molecular weight is 173 g/mol. The molecule has 1 unspecified atom stereocenters. The molecule has 0 bridgehead atoms. The number of nitrogens with two attached hydrogens (primary N) is 1. The molecule has 1 aliphatic heterocycles. The molecule has 0 aliphatic carbocycles. The Morgan fingerprint density at radius 1 is 1.75 bits per heavy atom. The van der Waals surface area contributed by atoms with E-state index in [1.807, 2.05) is 0 Å². The number of carboxylic acid groups (broad SMARTS) is 1. The maximum Gasteiger partial charge on any atom is 0.404 e. The molecule has 0 saturated carbocycles. The van der Waals surface area contributed by atoms with Gasteiger partial charge in [0.1, 0.15) is 0 Å². The number of rotatable bonds is 3. The van der Waals surface area contributed by atoms with Crippen molar-refractivity contribution in [1.82, 2.24) is 10.2 Å². The van der Waals surface area contributed by atoms with Crippen molar-refractivity contribution >= 4 is 6.09 Å². The fraction of sp³-hybridized carbons (Fsp3) is 0.857. The Bertz CT molecular complexity index is 163. The Morgan fingerprint density at radius 3 is 3.00 bits per heavy atom. The van der Waals surface area contributed by atoms with Crippen LogP contribution in [0.25, 0.3) is 0 Å². The Morgan fingerprint density at radius 2 is 2.50 bits per heavy atom. The predicted octanol–water partition coefficient (Wildman–Crippen LogP) is -0.713. The van der Waals surface area contributed by atoms with E-state index in [0.29, 0.717) is 6.54 Å². The van der Waals surface area contributed by atoms with E-state index in [9.17, 15) is 4.79 Å². The second-order valence-electron chi connectivity index (χ2n) is 3.08. The van der Waals surface area contributed by atoms with Crippen LogP contribution in [0.1, 0.15) is 6.42 Å². The van der Waals surface area contributed by atoms with Crippen LogP contribution in [-0.4, -0.2) is 48.3 Å². The minimum absolute atomic E-state index is 0.273. The number of hydrogen-bond donors (Lipinski definition) is 3. The number of amides is 1. The zero-order chi connectivity index (χ0) is 8.97. The van der Waals surface area contributed by atoms with Crippen LogP contribution in [0.5, 0.6) is 0 Å². The third-order valence-electron chi connectivity index (χ3n) is 2.01. The van der Waals surface area contributed by atoms with Gasteiger partial charge in [0.05, 0.1) is 0 Å². The van der Waals surface area contributed by atoms with Crippen LogP contribution in [0.4, 0.5) is 4.79 Å². The number of hydrogen-bond acceptors (Lipinski definition) is 3. The van der Waals surface area contributed by atoms with Gasteiger partial charge in [0, 0.05) is 25.7 Å². The molecule has 1 amide bonds. The van der Waals surface area contributed by atoms with Crippen molar-refractivity contribution in [3.05, 3.63) is 0 Å². The lowest BCUT2D eigenvalue weighted by Crippen LogP contribution is -2.34. The van der Waals surface area contributed by atoms with E-state index in [0.717, 1.165) is 26.1 Å². The topological polar surface area (TPSA) is 78.6 Å². The molecule has 12 heavy (non-hydrogen) atoms. The standard InChI is InChI=1S/C7H15N3O2/c8-6-1-3-10(5-6)4-2-9-7(11)12/h6,9H,1-5,8H2,(H,11,12). The molecule has 70 valence electrons. The minimum atomic E-state index is -0.960. The lowest BCUT2D eigenvalue weighted by atomic mass is 10.3. The molecule has 0 aromatic carbocycles. The molecule has 0 radical (unpaired) electrons. The quantitative estimate of drug-likeness (QED) is 0.526. The van der Waals surface area contributed by atoms with Gasteiger partial charge in [-0.15, -0.1) is 0 Å². The van der Waals surface area contributed by atoms with Gasteiger partial charge in [0.25, 0.3) is 0 Å².